The van der Waals surface area contributed by atoms with Crippen molar-refractivity contribution in [3.63, 3.8) is 0 Å². The summed E-state index contributed by atoms with van der Waals surface area (Å²) in [5.41, 5.74) is 0.524. The molecular weight excluding hydrogens is 310 g/mol. The molecule has 1 N–H and O–H groups in total. The summed E-state index contributed by atoms with van der Waals surface area (Å²) in [5.74, 6) is 0.401. The number of hydrogen-bond acceptors (Lipinski definition) is 3. The quantitative estimate of drug-likeness (QED) is 0.939. The molecular formula is C14H18ClN3O2S. The zero-order valence-corrected chi connectivity index (χ0v) is 13.4. The highest BCUT2D eigenvalue weighted by Crippen LogP contribution is 2.29. The van der Waals surface area contributed by atoms with E-state index >= 15 is 0 Å². The van der Waals surface area contributed by atoms with Crippen LogP contribution >= 0.6 is 11.6 Å². The fourth-order valence-corrected chi connectivity index (χ4v) is 5.00. The van der Waals surface area contributed by atoms with E-state index in [1.165, 1.54) is 17.2 Å². The molecule has 3 rings (SSSR count). The van der Waals surface area contributed by atoms with Crippen molar-refractivity contribution in [2.45, 2.75) is 43.7 Å². The normalized spacial score (nSPS) is 18.4. The number of imidazole rings is 1. The van der Waals surface area contributed by atoms with Gasteiger partial charge in [0.25, 0.3) is 10.0 Å². The average molecular weight is 328 g/mol. The van der Waals surface area contributed by atoms with Crippen LogP contribution in [-0.2, 0) is 10.0 Å². The van der Waals surface area contributed by atoms with Crippen molar-refractivity contribution < 1.29 is 8.42 Å². The number of fused-ring (bicyclic) bond motifs is 1. The minimum atomic E-state index is -3.69. The molecule has 0 aliphatic heterocycles. The van der Waals surface area contributed by atoms with Crippen molar-refractivity contribution in [3.8, 4) is 0 Å². The number of rotatable bonds is 4. The Labute approximate surface area is 129 Å². The zero-order chi connectivity index (χ0) is 15.0. The lowest BCUT2D eigenvalue weighted by atomic mass is 10.0. The summed E-state index contributed by atoms with van der Waals surface area (Å²) < 4.78 is 29.5. The van der Waals surface area contributed by atoms with E-state index < -0.39 is 10.0 Å². The van der Waals surface area contributed by atoms with Gasteiger partial charge in [-0.05, 0) is 37.8 Å². The number of aromatic nitrogens is 2. The largest absolute Gasteiger partial charge is 0.288 e. The van der Waals surface area contributed by atoms with Gasteiger partial charge >= 0.3 is 0 Å². The first-order valence-corrected chi connectivity index (χ1v) is 9.00. The van der Waals surface area contributed by atoms with E-state index in [0.29, 0.717) is 11.6 Å². The van der Waals surface area contributed by atoms with E-state index in [-0.39, 0.29) is 16.2 Å². The van der Waals surface area contributed by atoms with E-state index in [1.807, 2.05) is 6.92 Å². The smallest absolute Gasteiger partial charge is 0.260 e. The molecule has 7 heteroatoms. The van der Waals surface area contributed by atoms with Crippen LogP contribution in [0.5, 0.6) is 0 Å². The molecule has 1 aliphatic carbocycles. The van der Waals surface area contributed by atoms with E-state index in [1.54, 1.807) is 24.4 Å². The molecule has 114 valence electrons. The van der Waals surface area contributed by atoms with Crippen LogP contribution in [0, 0.1) is 5.92 Å². The fraction of sp³-hybridized carbons (Fsp3) is 0.500. The molecule has 0 aromatic carbocycles. The summed E-state index contributed by atoms with van der Waals surface area (Å²) in [6.45, 7) is 1.92. The summed E-state index contributed by atoms with van der Waals surface area (Å²) in [6.07, 6.45) is 6.15. The van der Waals surface area contributed by atoms with E-state index in [0.717, 1.165) is 12.8 Å². The zero-order valence-electron chi connectivity index (χ0n) is 11.8. The van der Waals surface area contributed by atoms with Crippen molar-refractivity contribution in [1.82, 2.24) is 14.1 Å². The molecule has 2 aromatic heterocycles. The van der Waals surface area contributed by atoms with Crippen molar-refractivity contribution in [1.29, 1.82) is 0 Å². The highest BCUT2D eigenvalue weighted by molar-refractivity contribution is 7.89. The monoisotopic (exact) mass is 327 g/mol. The number of sulfonamides is 1. The fourth-order valence-electron chi connectivity index (χ4n) is 3.04. The number of pyridine rings is 1. The van der Waals surface area contributed by atoms with Gasteiger partial charge in [0.1, 0.15) is 5.65 Å². The Morgan fingerprint density at radius 3 is 2.81 bits per heavy atom. The minimum absolute atomic E-state index is 0.00678. The van der Waals surface area contributed by atoms with E-state index in [9.17, 15) is 8.42 Å². The van der Waals surface area contributed by atoms with Crippen molar-refractivity contribution in [2.24, 2.45) is 5.92 Å². The Balaban J connectivity index is 1.94. The lowest BCUT2D eigenvalue weighted by Crippen LogP contribution is -2.37. The van der Waals surface area contributed by atoms with Gasteiger partial charge in [-0.2, -0.15) is 0 Å². The summed E-state index contributed by atoms with van der Waals surface area (Å²) in [6, 6.07) is 5.18. The molecule has 21 heavy (non-hydrogen) atoms. The molecule has 5 nitrogen and oxygen atoms in total. The molecule has 1 fully saturated rings. The second-order valence-electron chi connectivity index (χ2n) is 5.59. The molecule has 0 spiro atoms. The third-order valence-corrected chi connectivity index (χ3v) is 6.11. The van der Waals surface area contributed by atoms with Crippen LogP contribution in [0.25, 0.3) is 5.65 Å². The van der Waals surface area contributed by atoms with Crippen LogP contribution < -0.4 is 4.72 Å². The molecule has 2 heterocycles. The predicted molar refractivity (Wildman–Crippen MR) is 81.9 cm³/mol. The first kappa shape index (κ1) is 14.8. The third kappa shape index (κ3) is 2.80. The molecule has 1 atom stereocenters. The number of hydrogen-bond donors (Lipinski definition) is 1. The Hall–Kier alpha value is -1.11. The average Bonchev–Trinajstić information content (AvgIpc) is 3.04. The Morgan fingerprint density at radius 2 is 2.10 bits per heavy atom. The van der Waals surface area contributed by atoms with Crippen molar-refractivity contribution >= 4 is 27.3 Å². The van der Waals surface area contributed by atoms with Gasteiger partial charge in [-0.25, -0.2) is 18.1 Å². The standard InChI is InChI=1S/C14H18ClN3O2S/c1-10(11-6-2-3-7-11)17-21(19,20)14-13(15)16-12-8-4-5-9-18(12)14/h4-5,8-11,17H,2-3,6-7H2,1H3. The van der Waals surface area contributed by atoms with Gasteiger partial charge in [-0.3, -0.25) is 4.40 Å². The van der Waals surface area contributed by atoms with Gasteiger partial charge in [-0.1, -0.05) is 30.5 Å². The molecule has 1 saturated carbocycles. The van der Waals surface area contributed by atoms with Crippen LogP contribution in [0.3, 0.4) is 0 Å². The molecule has 0 amide bonds. The summed E-state index contributed by atoms with van der Waals surface area (Å²) in [5, 5.41) is 0.0249. The maximum Gasteiger partial charge on any atom is 0.260 e. The molecule has 2 aromatic rings. The third-order valence-electron chi connectivity index (χ3n) is 4.15. The maximum atomic E-state index is 12.6. The van der Waals surface area contributed by atoms with Crippen molar-refractivity contribution in [2.75, 3.05) is 0 Å². The Morgan fingerprint density at radius 1 is 1.38 bits per heavy atom. The Bertz CT molecular complexity index is 751. The lowest BCUT2D eigenvalue weighted by molar-refractivity contribution is 0.423. The van der Waals surface area contributed by atoms with E-state index in [2.05, 4.69) is 9.71 Å². The molecule has 0 saturated heterocycles. The summed E-state index contributed by atoms with van der Waals surface area (Å²) in [4.78, 5) is 4.09. The van der Waals surface area contributed by atoms with Crippen LogP contribution in [0.15, 0.2) is 29.4 Å². The number of nitrogens with one attached hydrogen (secondary N) is 1. The van der Waals surface area contributed by atoms with Crippen LogP contribution in [0.4, 0.5) is 0 Å². The number of nitrogens with zero attached hydrogens (tertiary/aromatic N) is 2. The minimum Gasteiger partial charge on any atom is -0.288 e. The van der Waals surface area contributed by atoms with Gasteiger partial charge in [0.2, 0.25) is 0 Å². The van der Waals surface area contributed by atoms with Gasteiger partial charge in [0, 0.05) is 12.2 Å². The molecule has 0 bridgehead atoms. The maximum absolute atomic E-state index is 12.6. The highest BCUT2D eigenvalue weighted by atomic mass is 35.5. The van der Waals surface area contributed by atoms with Crippen LogP contribution in [-0.4, -0.2) is 23.8 Å². The van der Waals surface area contributed by atoms with Gasteiger partial charge in [0.15, 0.2) is 10.2 Å². The predicted octanol–water partition coefficient (Wildman–Crippen LogP) is 2.84. The highest BCUT2D eigenvalue weighted by Gasteiger charge is 2.29. The van der Waals surface area contributed by atoms with Crippen molar-refractivity contribution in [3.05, 3.63) is 29.5 Å². The van der Waals surface area contributed by atoms with Gasteiger partial charge in [-0.15, -0.1) is 0 Å². The lowest BCUT2D eigenvalue weighted by Gasteiger charge is -2.20. The second-order valence-corrected chi connectivity index (χ2v) is 7.58. The van der Waals surface area contributed by atoms with Crippen LogP contribution in [0.1, 0.15) is 32.6 Å². The Kier molecular flexibility index (Phi) is 3.94. The molecule has 0 radical (unpaired) electrons. The first-order chi connectivity index (χ1) is 9.99. The van der Waals surface area contributed by atoms with E-state index in [4.69, 9.17) is 11.6 Å². The first-order valence-electron chi connectivity index (χ1n) is 7.14. The van der Waals surface area contributed by atoms with Gasteiger partial charge < -0.3 is 0 Å². The number of halogens is 1. The van der Waals surface area contributed by atoms with Crippen LogP contribution in [0.2, 0.25) is 5.15 Å². The second kappa shape index (κ2) is 5.59. The molecule has 1 unspecified atom stereocenters. The topological polar surface area (TPSA) is 63.5 Å². The van der Waals surface area contributed by atoms with Gasteiger partial charge in [0.05, 0.1) is 0 Å². The SMILES string of the molecule is CC(NS(=O)(=O)c1c(Cl)nc2ccccn12)C1CCCC1. The molecule has 1 aliphatic rings. The summed E-state index contributed by atoms with van der Waals surface area (Å²) >= 11 is 6.04. The summed E-state index contributed by atoms with van der Waals surface area (Å²) in [7, 11) is -3.69.